The number of piperidine rings is 1. The number of hydrogen-bond acceptors (Lipinski definition) is 3. The Hall–Kier alpha value is -1.81. The van der Waals surface area contributed by atoms with Crippen molar-refractivity contribution in [3.05, 3.63) is 36.2 Å². The number of likely N-dealkylation sites (tertiary alicyclic amines) is 1. The van der Waals surface area contributed by atoms with Crippen molar-refractivity contribution in [2.24, 2.45) is 0 Å². The van der Waals surface area contributed by atoms with E-state index in [2.05, 4.69) is 21.9 Å². The number of benzene rings is 1. The monoisotopic (exact) mass is 256 g/mol. The van der Waals surface area contributed by atoms with Gasteiger partial charge in [0.25, 0.3) is 0 Å². The molecule has 2 heterocycles. The predicted octanol–water partition coefficient (Wildman–Crippen LogP) is 2.47. The lowest BCUT2D eigenvalue weighted by molar-refractivity contribution is 0.249. The van der Waals surface area contributed by atoms with Crippen molar-refractivity contribution in [2.45, 2.75) is 18.8 Å². The van der Waals surface area contributed by atoms with Crippen LogP contribution in [0.15, 0.2) is 30.5 Å². The Morgan fingerprint density at radius 3 is 2.84 bits per heavy atom. The van der Waals surface area contributed by atoms with Gasteiger partial charge in [0, 0.05) is 35.6 Å². The average molecular weight is 256 g/mol. The second-order valence-corrected chi connectivity index (χ2v) is 5.41. The van der Waals surface area contributed by atoms with Crippen molar-refractivity contribution in [1.82, 2.24) is 14.9 Å². The summed E-state index contributed by atoms with van der Waals surface area (Å²) in [6.07, 6.45) is 4.49. The Morgan fingerprint density at radius 2 is 2.11 bits per heavy atom. The van der Waals surface area contributed by atoms with Gasteiger partial charge in [-0.2, -0.15) is 0 Å². The maximum Gasteiger partial charge on any atom is 0.137 e. The van der Waals surface area contributed by atoms with Crippen LogP contribution in [-0.4, -0.2) is 35.0 Å². The molecule has 1 unspecified atom stereocenters. The van der Waals surface area contributed by atoms with Crippen molar-refractivity contribution < 1.29 is 0 Å². The van der Waals surface area contributed by atoms with Crippen LogP contribution >= 0.6 is 0 Å². The van der Waals surface area contributed by atoms with E-state index in [-0.39, 0.29) is 0 Å². The molecule has 0 amide bonds. The highest BCUT2D eigenvalue weighted by Gasteiger charge is 2.20. The summed E-state index contributed by atoms with van der Waals surface area (Å²) in [6, 6.07) is 7.83. The summed E-state index contributed by atoms with van der Waals surface area (Å²) >= 11 is 0. The Labute approximate surface area is 113 Å². The molecular weight excluding hydrogens is 236 g/mol. The molecule has 1 saturated heterocycles. The Balaban J connectivity index is 1.81. The Bertz CT molecular complexity index is 544. The van der Waals surface area contributed by atoms with Crippen LogP contribution in [0.3, 0.4) is 0 Å². The van der Waals surface area contributed by atoms with Crippen LogP contribution in [0.4, 0.5) is 5.69 Å². The molecule has 3 rings (SSSR count). The molecule has 4 heteroatoms. The van der Waals surface area contributed by atoms with Crippen molar-refractivity contribution >= 4 is 5.69 Å². The number of aromatic nitrogens is 2. The van der Waals surface area contributed by atoms with Gasteiger partial charge in [0.15, 0.2) is 0 Å². The Kier molecular flexibility index (Phi) is 3.25. The molecule has 0 spiro atoms. The van der Waals surface area contributed by atoms with Crippen LogP contribution in [0.5, 0.6) is 0 Å². The van der Waals surface area contributed by atoms with Gasteiger partial charge in [0.2, 0.25) is 0 Å². The fraction of sp³-hybridized carbons (Fsp3) is 0.400. The van der Waals surface area contributed by atoms with Crippen LogP contribution in [0.1, 0.15) is 24.5 Å². The van der Waals surface area contributed by atoms with Crippen LogP contribution < -0.4 is 5.73 Å². The highest BCUT2D eigenvalue weighted by atomic mass is 15.1. The van der Waals surface area contributed by atoms with Crippen LogP contribution in [0, 0.1) is 0 Å². The second-order valence-electron chi connectivity index (χ2n) is 5.41. The number of nitrogens with one attached hydrogen (secondary N) is 1. The maximum atomic E-state index is 5.71. The van der Waals surface area contributed by atoms with Gasteiger partial charge in [-0.3, -0.25) is 0 Å². The highest BCUT2D eigenvalue weighted by molar-refractivity contribution is 5.58. The number of imidazole rings is 1. The minimum absolute atomic E-state index is 0.578. The summed E-state index contributed by atoms with van der Waals surface area (Å²) in [7, 11) is 2.18. The number of anilines is 1. The van der Waals surface area contributed by atoms with Gasteiger partial charge in [0.1, 0.15) is 5.82 Å². The molecule has 3 N–H and O–H groups in total. The first-order chi connectivity index (χ1) is 9.22. The summed E-state index contributed by atoms with van der Waals surface area (Å²) in [5.74, 6) is 1.51. The van der Waals surface area contributed by atoms with Crippen LogP contribution in [-0.2, 0) is 0 Å². The van der Waals surface area contributed by atoms with Gasteiger partial charge in [-0.05, 0) is 50.7 Å². The van der Waals surface area contributed by atoms with E-state index in [0.29, 0.717) is 5.92 Å². The van der Waals surface area contributed by atoms with E-state index >= 15 is 0 Å². The Morgan fingerprint density at radius 1 is 1.32 bits per heavy atom. The van der Waals surface area contributed by atoms with E-state index in [1.807, 2.05) is 30.5 Å². The molecule has 100 valence electrons. The smallest absolute Gasteiger partial charge is 0.137 e. The number of H-pyrrole nitrogens is 1. The molecule has 0 aliphatic carbocycles. The quantitative estimate of drug-likeness (QED) is 0.812. The molecule has 4 nitrogen and oxygen atoms in total. The second kappa shape index (κ2) is 5.05. The third-order valence-corrected chi connectivity index (χ3v) is 3.84. The third-order valence-electron chi connectivity index (χ3n) is 3.84. The summed E-state index contributed by atoms with van der Waals surface area (Å²) < 4.78 is 0. The number of nitrogen functional groups attached to an aromatic ring is 1. The molecule has 2 aromatic rings. The number of nitrogens with two attached hydrogens (primary N) is 1. The third kappa shape index (κ3) is 2.63. The zero-order chi connectivity index (χ0) is 13.2. The van der Waals surface area contributed by atoms with E-state index in [9.17, 15) is 0 Å². The molecule has 0 saturated carbocycles. The molecule has 1 fully saturated rings. The lowest BCUT2D eigenvalue weighted by Gasteiger charge is -2.28. The van der Waals surface area contributed by atoms with E-state index in [4.69, 9.17) is 5.73 Å². The van der Waals surface area contributed by atoms with Gasteiger partial charge >= 0.3 is 0 Å². The van der Waals surface area contributed by atoms with E-state index < -0.39 is 0 Å². The minimum Gasteiger partial charge on any atom is -0.399 e. The normalized spacial score (nSPS) is 20.6. The SMILES string of the molecule is CN1CCCC(c2cnc(-c3ccc(N)cc3)[nH]2)C1. The number of likely N-dealkylation sites (N-methyl/N-ethyl adjacent to an activating group) is 1. The first-order valence-corrected chi connectivity index (χ1v) is 6.82. The summed E-state index contributed by atoms with van der Waals surface area (Å²) in [6.45, 7) is 2.32. The molecule has 1 aromatic heterocycles. The van der Waals surface area contributed by atoms with E-state index in [1.165, 1.54) is 25.1 Å². The van der Waals surface area contributed by atoms with Gasteiger partial charge in [-0.15, -0.1) is 0 Å². The fourth-order valence-corrected chi connectivity index (χ4v) is 2.75. The van der Waals surface area contributed by atoms with Crippen molar-refractivity contribution in [3.63, 3.8) is 0 Å². The maximum absolute atomic E-state index is 5.71. The zero-order valence-corrected chi connectivity index (χ0v) is 11.3. The van der Waals surface area contributed by atoms with Gasteiger partial charge in [-0.25, -0.2) is 4.98 Å². The minimum atomic E-state index is 0.578. The number of rotatable bonds is 2. The van der Waals surface area contributed by atoms with Crippen molar-refractivity contribution in [2.75, 3.05) is 25.9 Å². The topological polar surface area (TPSA) is 57.9 Å². The fourth-order valence-electron chi connectivity index (χ4n) is 2.75. The highest BCUT2D eigenvalue weighted by Crippen LogP contribution is 2.27. The standard InChI is InChI=1S/C15H20N4/c1-19-8-2-3-12(10-19)14-9-17-15(18-14)11-4-6-13(16)7-5-11/h4-7,9,12H,2-3,8,10,16H2,1H3,(H,17,18). The van der Waals surface area contributed by atoms with E-state index in [0.717, 1.165) is 23.6 Å². The van der Waals surface area contributed by atoms with Crippen molar-refractivity contribution in [1.29, 1.82) is 0 Å². The van der Waals surface area contributed by atoms with Gasteiger partial charge < -0.3 is 15.6 Å². The molecule has 1 aliphatic heterocycles. The predicted molar refractivity (Wildman–Crippen MR) is 77.9 cm³/mol. The lowest BCUT2D eigenvalue weighted by Crippen LogP contribution is -2.30. The molecule has 1 aromatic carbocycles. The van der Waals surface area contributed by atoms with Crippen LogP contribution in [0.25, 0.3) is 11.4 Å². The molecular formula is C15H20N4. The summed E-state index contributed by atoms with van der Waals surface area (Å²) in [5.41, 5.74) is 8.82. The molecule has 1 atom stereocenters. The zero-order valence-electron chi connectivity index (χ0n) is 11.3. The molecule has 0 bridgehead atoms. The largest absolute Gasteiger partial charge is 0.399 e. The van der Waals surface area contributed by atoms with Crippen molar-refractivity contribution in [3.8, 4) is 11.4 Å². The molecule has 19 heavy (non-hydrogen) atoms. The average Bonchev–Trinajstić information content (AvgIpc) is 2.89. The lowest BCUT2D eigenvalue weighted by atomic mass is 9.96. The summed E-state index contributed by atoms with van der Waals surface area (Å²) in [4.78, 5) is 10.3. The number of aromatic amines is 1. The first-order valence-electron chi connectivity index (χ1n) is 6.82. The molecule has 1 aliphatic rings. The number of nitrogens with zero attached hydrogens (tertiary/aromatic N) is 2. The van der Waals surface area contributed by atoms with Gasteiger partial charge in [-0.1, -0.05) is 0 Å². The summed E-state index contributed by atoms with van der Waals surface area (Å²) in [5, 5.41) is 0. The first kappa shape index (κ1) is 12.2. The molecule has 0 radical (unpaired) electrons. The number of hydrogen-bond donors (Lipinski definition) is 2. The van der Waals surface area contributed by atoms with Crippen LogP contribution in [0.2, 0.25) is 0 Å². The van der Waals surface area contributed by atoms with E-state index in [1.54, 1.807) is 0 Å². The van der Waals surface area contributed by atoms with Gasteiger partial charge in [0.05, 0.1) is 0 Å².